The number of rotatable bonds is 4. The summed E-state index contributed by atoms with van der Waals surface area (Å²) in [5, 5.41) is 7.74. The van der Waals surface area contributed by atoms with Crippen molar-refractivity contribution < 1.29 is 27.0 Å². The molecular formula is C21H23F3N4O3. The summed E-state index contributed by atoms with van der Waals surface area (Å²) in [4.78, 5) is 18.6. The summed E-state index contributed by atoms with van der Waals surface area (Å²) in [6.07, 6.45) is -3.01. The average molecular weight is 436 g/mol. The van der Waals surface area contributed by atoms with Crippen LogP contribution in [0.2, 0.25) is 0 Å². The smallest absolute Gasteiger partial charge is 0.351 e. The Hall–Kier alpha value is -2.91. The molecule has 0 aromatic carbocycles. The highest BCUT2D eigenvalue weighted by Gasteiger charge is 2.38. The largest absolute Gasteiger partial charge is 0.417 e. The van der Waals surface area contributed by atoms with Crippen LogP contribution in [0.5, 0.6) is 0 Å². The van der Waals surface area contributed by atoms with Crippen LogP contribution in [0.1, 0.15) is 78.6 Å². The van der Waals surface area contributed by atoms with Crippen molar-refractivity contribution in [1.29, 1.82) is 0 Å². The quantitative estimate of drug-likeness (QED) is 0.576. The maximum Gasteiger partial charge on any atom is 0.417 e. The van der Waals surface area contributed by atoms with Gasteiger partial charge in [0.05, 0.1) is 22.3 Å². The van der Waals surface area contributed by atoms with Gasteiger partial charge in [0, 0.05) is 30.8 Å². The number of aromatic nitrogens is 3. The number of nitrogens with zero attached hydrogens (tertiary/aromatic N) is 4. The fourth-order valence-electron chi connectivity index (χ4n) is 3.91. The number of hydrogen-bond acceptors (Lipinski definition) is 6. The number of carbonyl (C=O) groups is 1. The van der Waals surface area contributed by atoms with E-state index in [2.05, 4.69) is 15.3 Å². The van der Waals surface area contributed by atoms with Gasteiger partial charge in [-0.1, -0.05) is 31.1 Å². The summed E-state index contributed by atoms with van der Waals surface area (Å²) in [6, 6.07) is 2.66. The number of amides is 1. The molecule has 1 saturated heterocycles. The van der Waals surface area contributed by atoms with Gasteiger partial charge in [-0.25, -0.2) is 4.98 Å². The highest BCUT2D eigenvalue weighted by molar-refractivity contribution is 5.91. The van der Waals surface area contributed by atoms with Crippen molar-refractivity contribution in [2.75, 3.05) is 13.1 Å². The fourth-order valence-corrected chi connectivity index (χ4v) is 3.91. The molecule has 1 atom stereocenters. The number of piperidine rings is 1. The Morgan fingerprint density at radius 1 is 1.26 bits per heavy atom. The highest BCUT2D eigenvalue weighted by Crippen LogP contribution is 2.40. The number of fused-ring (bicyclic) bond motifs is 1. The van der Waals surface area contributed by atoms with E-state index in [-0.39, 0.29) is 46.6 Å². The number of carbonyl (C=O) groups excluding carboxylic acids is 1. The number of pyridine rings is 1. The van der Waals surface area contributed by atoms with Crippen molar-refractivity contribution in [1.82, 2.24) is 20.2 Å². The Kier molecular flexibility index (Phi) is 5.49. The molecule has 166 valence electrons. The number of hydrogen-bond donors (Lipinski definition) is 0. The normalized spacial score (nSPS) is 17.6. The second kappa shape index (κ2) is 7.97. The van der Waals surface area contributed by atoms with E-state index < -0.39 is 17.7 Å². The molecule has 3 aromatic rings. The van der Waals surface area contributed by atoms with Crippen LogP contribution in [0.25, 0.3) is 11.1 Å². The van der Waals surface area contributed by atoms with Gasteiger partial charge >= 0.3 is 6.18 Å². The molecule has 0 N–H and O–H groups in total. The molecule has 0 spiro atoms. The lowest BCUT2D eigenvalue weighted by Crippen LogP contribution is -2.39. The zero-order valence-corrected chi connectivity index (χ0v) is 17.5. The fraction of sp³-hybridized carbons (Fsp3) is 0.524. The molecule has 31 heavy (non-hydrogen) atoms. The van der Waals surface area contributed by atoms with E-state index in [0.29, 0.717) is 31.5 Å². The molecule has 7 nitrogen and oxygen atoms in total. The third kappa shape index (κ3) is 4.03. The third-order valence-corrected chi connectivity index (χ3v) is 5.62. The van der Waals surface area contributed by atoms with Gasteiger partial charge in [0.2, 0.25) is 5.76 Å². The van der Waals surface area contributed by atoms with Crippen LogP contribution in [-0.2, 0) is 12.6 Å². The third-order valence-electron chi connectivity index (χ3n) is 5.62. The lowest BCUT2D eigenvalue weighted by atomic mass is 9.91. The molecular weight excluding hydrogens is 413 g/mol. The molecule has 0 saturated carbocycles. The first-order valence-electron chi connectivity index (χ1n) is 10.3. The molecule has 1 aliphatic rings. The first kappa shape index (κ1) is 21.3. The molecule has 0 aliphatic carbocycles. The zero-order chi connectivity index (χ0) is 22.3. The molecule has 4 rings (SSSR count). The van der Waals surface area contributed by atoms with E-state index >= 15 is 0 Å². The van der Waals surface area contributed by atoms with Gasteiger partial charge in [0.1, 0.15) is 0 Å². The first-order valence-corrected chi connectivity index (χ1v) is 10.3. The minimum Gasteiger partial charge on any atom is -0.351 e. The van der Waals surface area contributed by atoms with Crippen LogP contribution in [0.15, 0.2) is 21.2 Å². The number of aryl methyl sites for hydroxylation is 1. The minimum absolute atomic E-state index is 0.113. The van der Waals surface area contributed by atoms with Crippen molar-refractivity contribution in [3.63, 3.8) is 0 Å². The summed E-state index contributed by atoms with van der Waals surface area (Å²) in [5.41, 5.74) is 0.226. The van der Waals surface area contributed by atoms with Crippen LogP contribution in [-0.4, -0.2) is 39.2 Å². The number of likely N-dealkylation sites (tertiary alicyclic amines) is 1. The lowest BCUT2D eigenvalue weighted by Gasteiger charge is -2.31. The van der Waals surface area contributed by atoms with Crippen molar-refractivity contribution in [3.05, 3.63) is 40.5 Å². The molecule has 4 heterocycles. The number of halogens is 3. The van der Waals surface area contributed by atoms with Crippen molar-refractivity contribution >= 4 is 17.0 Å². The van der Waals surface area contributed by atoms with Gasteiger partial charge in [-0.05, 0) is 31.2 Å². The van der Waals surface area contributed by atoms with Crippen molar-refractivity contribution in [2.45, 2.75) is 58.0 Å². The van der Waals surface area contributed by atoms with Gasteiger partial charge in [-0.2, -0.15) is 13.2 Å². The molecule has 3 aromatic heterocycles. The predicted molar refractivity (Wildman–Crippen MR) is 105 cm³/mol. The molecule has 0 unspecified atom stereocenters. The van der Waals surface area contributed by atoms with E-state index in [4.69, 9.17) is 9.05 Å². The van der Waals surface area contributed by atoms with E-state index in [1.165, 1.54) is 0 Å². The van der Waals surface area contributed by atoms with Crippen molar-refractivity contribution in [3.8, 4) is 0 Å². The molecule has 1 aliphatic heterocycles. The molecule has 1 fully saturated rings. The Labute approximate surface area is 176 Å². The summed E-state index contributed by atoms with van der Waals surface area (Å²) >= 11 is 0. The van der Waals surface area contributed by atoms with E-state index in [1.54, 1.807) is 17.9 Å². The number of alkyl halides is 3. The zero-order valence-electron chi connectivity index (χ0n) is 17.5. The summed E-state index contributed by atoms with van der Waals surface area (Å²) in [6.45, 7) is 6.30. The van der Waals surface area contributed by atoms with E-state index in [9.17, 15) is 18.0 Å². The van der Waals surface area contributed by atoms with Gasteiger partial charge in [0.25, 0.3) is 11.6 Å². The SMILES string of the molecule is CCc1cc(C(F)(F)F)c2c([C@@H]3CCCN(C(=O)c4cc(C(C)C)no4)C3)noc2n1. The summed E-state index contributed by atoms with van der Waals surface area (Å²) < 4.78 is 51.7. The molecule has 1 amide bonds. The van der Waals surface area contributed by atoms with Crippen LogP contribution < -0.4 is 0 Å². The van der Waals surface area contributed by atoms with Crippen molar-refractivity contribution in [2.24, 2.45) is 0 Å². The van der Waals surface area contributed by atoms with Crippen LogP contribution in [0.3, 0.4) is 0 Å². The average Bonchev–Trinajstić information content (AvgIpc) is 3.39. The van der Waals surface area contributed by atoms with E-state index in [0.717, 1.165) is 6.07 Å². The summed E-state index contributed by atoms with van der Waals surface area (Å²) in [5.74, 6) is -0.497. The van der Waals surface area contributed by atoms with Gasteiger partial charge < -0.3 is 13.9 Å². The maximum absolute atomic E-state index is 13.8. The molecule has 0 bridgehead atoms. The predicted octanol–water partition coefficient (Wildman–Crippen LogP) is 4.94. The first-order chi connectivity index (χ1) is 14.7. The highest BCUT2D eigenvalue weighted by atomic mass is 19.4. The van der Waals surface area contributed by atoms with Gasteiger partial charge in [-0.15, -0.1) is 0 Å². The Balaban J connectivity index is 1.66. The van der Waals surface area contributed by atoms with Gasteiger partial charge in [-0.3, -0.25) is 4.79 Å². The minimum atomic E-state index is -4.57. The maximum atomic E-state index is 13.8. The standard InChI is InChI=1S/C21H23F3N4O3/c1-4-13-8-14(21(22,23)24)17-18(27-31-19(17)25-13)12-6-5-7-28(10-12)20(29)16-9-15(11(2)3)26-30-16/h8-9,11-12H,4-7,10H2,1-3H3/t12-/m1/s1. The Morgan fingerprint density at radius 2 is 2.03 bits per heavy atom. The molecule has 10 heteroatoms. The van der Waals surface area contributed by atoms with Crippen LogP contribution in [0.4, 0.5) is 13.2 Å². The topological polar surface area (TPSA) is 85.3 Å². The Bertz CT molecular complexity index is 1100. The van der Waals surface area contributed by atoms with Crippen LogP contribution >= 0.6 is 0 Å². The summed E-state index contributed by atoms with van der Waals surface area (Å²) in [7, 11) is 0. The van der Waals surface area contributed by atoms with E-state index in [1.807, 2.05) is 13.8 Å². The monoisotopic (exact) mass is 436 g/mol. The second-order valence-corrected chi connectivity index (χ2v) is 8.12. The van der Waals surface area contributed by atoms with Gasteiger partial charge in [0.15, 0.2) is 0 Å². The molecule has 0 radical (unpaired) electrons. The van der Waals surface area contributed by atoms with Crippen LogP contribution in [0, 0.1) is 0 Å². The Morgan fingerprint density at radius 3 is 2.68 bits per heavy atom. The second-order valence-electron chi connectivity index (χ2n) is 8.12. The lowest BCUT2D eigenvalue weighted by molar-refractivity contribution is -0.136.